The summed E-state index contributed by atoms with van der Waals surface area (Å²) >= 11 is 0. The van der Waals surface area contributed by atoms with E-state index in [2.05, 4.69) is 34.5 Å². The number of unbranched alkanes of at least 4 members (excludes halogenated alkanes) is 1. The van der Waals surface area contributed by atoms with Gasteiger partial charge in [-0.1, -0.05) is 48.5 Å². The molecule has 0 aromatic heterocycles. The van der Waals surface area contributed by atoms with Gasteiger partial charge < -0.3 is 19.9 Å². The third-order valence-corrected chi connectivity index (χ3v) is 6.25. The number of nitrogens with zero attached hydrogens (tertiary/aromatic N) is 1. The number of carboxylic acid groups (broad SMARTS) is 1. The van der Waals surface area contributed by atoms with E-state index in [4.69, 9.17) is 9.47 Å². The Bertz CT molecular complexity index is 896. The van der Waals surface area contributed by atoms with Crippen molar-refractivity contribution >= 4 is 12.1 Å². The lowest BCUT2D eigenvalue weighted by molar-refractivity contribution is -0.139. The highest BCUT2D eigenvalue weighted by molar-refractivity contribution is 5.81. The van der Waals surface area contributed by atoms with Crippen LogP contribution >= 0.6 is 0 Å². The van der Waals surface area contributed by atoms with Crippen molar-refractivity contribution in [3.05, 3.63) is 59.7 Å². The van der Waals surface area contributed by atoms with Crippen LogP contribution in [0.15, 0.2) is 48.5 Å². The van der Waals surface area contributed by atoms with Crippen molar-refractivity contribution in [3.8, 4) is 11.1 Å². The van der Waals surface area contributed by atoms with E-state index < -0.39 is 18.1 Å². The summed E-state index contributed by atoms with van der Waals surface area (Å²) in [4.78, 5) is 26.3. The first-order valence-electron chi connectivity index (χ1n) is 11.3. The molecule has 4 rings (SSSR count). The van der Waals surface area contributed by atoms with Crippen molar-refractivity contribution in [1.82, 2.24) is 10.2 Å². The van der Waals surface area contributed by atoms with Crippen LogP contribution in [0.25, 0.3) is 11.1 Å². The molecule has 1 saturated heterocycles. The molecule has 1 atom stereocenters. The van der Waals surface area contributed by atoms with E-state index in [1.54, 1.807) is 0 Å². The molecule has 2 aliphatic rings. The van der Waals surface area contributed by atoms with Crippen molar-refractivity contribution < 1.29 is 24.2 Å². The number of carbonyl (C=O) groups excluding carboxylic acids is 1. The van der Waals surface area contributed by atoms with Gasteiger partial charge in [-0.05, 0) is 48.1 Å². The van der Waals surface area contributed by atoms with Crippen LogP contribution < -0.4 is 5.32 Å². The van der Waals surface area contributed by atoms with Gasteiger partial charge in [-0.2, -0.15) is 0 Å². The lowest BCUT2D eigenvalue weighted by atomic mass is 9.98. The van der Waals surface area contributed by atoms with Crippen molar-refractivity contribution in [2.75, 3.05) is 39.5 Å². The summed E-state index contributed by atoms with van der Waals surface area (Å²) < 4.78 is 10.8. The van der Waals surface area contributed by atoms with E-state index in [0.29, 0.717) is 6.42 Å². The van der Waals surface area contributed by atoms with E-state index in [1.165, 1.54) is 0 Å². The maximum atomic E-state index is 12.4. The SMILES string of the molecule is O=C(NC(CCCCN1CCOCC1)C(=O)O)OCC1c2ccccc2-c2ccccc21. The summed E-state index contributed by atoms with van der Waals surface area (Å²) in [6.07, 6.45) is 1.30. The molecule has 7 nitrogen and oxygen atoms in total. The molecule has 2 N–H and O–H groups in total. The number of aliphatic carboxylic acids is 1. The summed E-state index contributed by atoms with van der Waals surface area (Å²) in [5.74, 6) is -1.09. The van der Waals surface area contributed by atoms with Crippen LogP contribution in [-0.4, -0.2) is 67.6 Å². The number of nitrogens with one attached hydrogen (secondary N) is 1. The first kappa shape index (κ1) is 22.3. The number of hydrogen-bond acceptors (Lipinski definition) is 5. The first-order chi connectivity index (χ1) is 15.6. The number of amides is 1. The maximum absolute atomic E-state index is 12.4. The molecule has 1 aliphatic heterocycles. The van der Waals surface area contributed by atoms with E-state index in [1.807, 2.05) is 24.3 Å². The average Bonchev–Trinajstić information content (AvgIpc) is 3.14. The van der Waals surface area contributed by atoms with Crippen molar-refractivity contribution in [1.29, 1.82) is 0 Å². The lowest BCUT2D eigenvalue weighted by Crippen LogP contribution is -2.41. The van der Waals surface area contributed by atoms with E-state index in [-0.39, 0.29) is 12.5 Å². The van der Waals surface area contributed by atoms with E-state index in [9.17, 15) is 14.7 Å². The smallest absolute Gasteiger partial charge is 0.407 e. The Hall–Kier alpha value is -2.90. The standard InChI is InChI=1S/C25H30N2O5/c28-24(29)23(11-5-6-12-27-13-15-31-16-14-27)26-25(30)32-17-22-20-9-3-1-7-18(20)19-8-2-4-10-21(19)22/h1-4,7-10,22-23H,5-6,11-17H2,(H,26,30)(H,28,29). The fraction of sp³-hybridized carbons (Fsp3) is 0.440. The normalized spacial score (nSPS) is 16.8. The third kappa shape index (κ3) is 5.29. The topological polar surface area (TPSA) is 88.1 Å². The number of fused-ring (bicyclic) bond motifs is 3. The Morgan fingerprint density at radius 3 is 2.28 bits per heavy atom. The Morgan fingerprint density at radius 1 is 1.03 bits per heavy atom. The van der Waals surface area contributed by atoms with Gasteiger partial charge in [0.2, 0.25) is 0 Å². The minimum Gasteiger partial charge on any atom is -0.480 e. The van der Waals surface area contributed by atoms with Gasteiger partial charge in [0.1, 0.15) is 12.6 Å². The molecule has 0 bridgehead atoms. The fourth-order valence-corrected chi connectivity index (χ4v) is 4.55. The predicted molar refractivity (Wildman–Crippen MR) is 121 cm³/mol. The summed E-state index contributed by atoms with van der Waals surface area (Å²) in [5, 5.41) is 12.0. The number of carbonyl (C=O) groups is 2. The van der Waals surface area contributed by atoms with Gasteiger partial charge in [0.05, 0.1) is 13.2 Å². The molecule has 1 aliphatic carbocycles. The molecule has 1 heterocycles. The minimum absolute atomic E-state index is 0.0510. The van der Waals surface area contributed by atoms with Crippen LogP contribution in [-0.2, 0) is 14.3 Å². The van der Waals surface area contributed by atoms with E-state index in [0.717, 1.165) is 67.9 Å². The van der Waals surface area contributed by atoms with E-state index >= 15 is 0 Å². The highest BCUT2D eigenvalue weighted by Gasteiger charge is 2.29. The van der Waals surface area contributed by atoms with Gasteiger partial charge >= 0.3 is 12.1 Å². The number of carboxylic acids is 1. The van der Waals surface area contributed by atoms with Crippen LogP contribution in [0.2, 0.25) is 0 Å². The second kappa shape index (κ2) is 10.6. The van der Waals surface area contributed by atoms with Gasteiger partial charge in [-0.25, -0.2) is 9.59 Å². The minimum atomic E-state index is -1.04. The molecule has 7 heteroatoms. The van der Waals surface area contributed by atoms with Gasteiger partial charge in [0.25, 0.3) is 0 Å². The number of rotatable bonds is 9. The molecule has 1 unspecified atom stereocenters. The Balaban J connectivity index is 1.27. The van der Waals surface area contributed by atoms with Crippen LogP contribution in [0.5, 0.6) is 0 Å². The number of benzene rings is 2. The van der Waals surface area contributed by atoms with Crippen LogP contribution in [0, 0.1) is 0 Å². The molecule has 32 heavy (non-hydrogen) atoms. The molecule has 0 saturated carbocycles. The zero-order valence-electron chi connectivity index (χ0n) is 18.2. The summed E-state index contributed by atoms with van der Waals surface area (Å²) in [6.45, 7) is 4.42. The molecule has 2 aromatic rings. The molecular weight excluding hydrogens is 408 g/mol. The highest BCUT2D eigenvalue weighted by atomic mass is 16.5. The van der Waals surface area contributed by atoms with Crippen molar-refractivity contribution in [3.63, 3.8) is 0 Å². The molecule has 1 amide bonds. The summed E-state index contributed by atoms with van der Waals surface area (Å²) in [5.41, 5.74) is 4.56. The largest absolute Gasteiger partial charge is 0.480 e. The molecule has 2 aromatic carbocycles. The second-order valence-electron chi connectivity index (χ2n) is 8.31. The summed E-state index contributed by atoms with van der Waals surface area (Å²) in [6, 6.07) is 15.3. The van der Waals surface area contributed by atoms with Crippen molar-refractivity contribution in [2.45, 2.75) is 31.2 Å². The fourth-order valence-electron chi connectivity index (χ4n) is 4.55. The zero-order valence-corrected chi connectivity index (χ0v) is 18.2. The van der Waals surface area contributed by atoms with Crippen LogP contribution in [0.3, 0.4) is 0 Å². The zero-order chi connectivity index (χ0) is 22.3. The number of morpholine rings is 1. The molecule has 0 radical (unpaired) electrons. The Kier molecular flexibility index (Phi) is 7.39. The number of ether oxygens (including phenoxy) is 2. The third-order valence-electron chi connectivity index (χ3n) is 6.25. The highest BCUT2D eigenvalue weighted by Crippen LogP contribution is 2.44. The van der Waals surface area contributed by atoms with Gasteiger partial charge in [0, 0.05) is 19.0 Å². The average molecular weight is 439 g/mol. The number of alkyl carbamates (subject to hydrolysis) is 1. The quantitative estimate of drug-likeness (QED) is 0.583. The summed E-state index contributed by atoms with van der Waals surface area (Å²) in [7, 11) is 0. The van der Waals surface area contributed by atoms with Crippen molar-refractivity contribution in [2.24, 2.45) is 0 Å². The van der Waals surface area contributed by atoms with Crippen LogP contribution in [0.4, 0.5) is 4.79 Å². The Labute approximate surface area is 188 Å². The lowest BCUT2D eigenvalue weighted by Gasteiger charge is -2.26. The first-order valence-corrected chi connectivity index (χ1v) is 11.3. The molecule has 1 fully saturated rings. The monoisotopic (exact) mass is 438 g/mol. The number of hydrogen-bond donors (Lipinski definition) is 2. The van der Waals surface area contributed by atoms with Gasteiger partial charge in [-0.15, -0.1) is 0 Å². The second-order valence-corrected chi connectivity index (χ2v) is 8.31. The van der Waals surface area contributed by atoms with Gasteiger partial charge in [0.15, 0.2) is 0 Å². The molecule has 0 spiro atoms. The van der Waals surface area contributed by atoms with Crippen LogP contribution in [0.1, 0.15) is 36.3 Å². The predicted octanol–water partition coefficient (Wildman–Crippen LogP) is 3.48. The molecular formula is C25H30N2O5. The Morgan fingerprint density at radius 2 is 1.66 bits per heavy atom. The van der Waals surface area contributed by atoms with Gasteiger partial charge in [-0.3, -0.25) is 4.90 Å². The maximum Gasteiger partial charge on any atom is 0.407 e. The molecule has 170 valence electrons.